The fraction of sp³-hybridized carbons (Fsp3) is 0.167. The Morgan fingerprint density at radius 2 is 1.61 bits per heavy atom. The molecule has 7 nitrogen and oxygen atoms in total. The third-order valence-corrected chi connectivity index (χ3v) is 5.08. The van der Waals surface area contributed by atoms with E-state index >= 15 is 0 Å². The lowest BCUT2D eigenvalue weighted by molar-refractivity contribution is -0.383. The summed E-state index contributed by atoms with van der Waals surface area (Å²) in [6.07, 6.45) is 4.61. The maximum absolute atomic E-state index is 11.9. The van der Waals surface area contributed by atoms with E-state index in [1.54, 1.807) is 0 Å². The highest BCUT2D eigenvalue weighted by molar-refractivity contribution is 5.96. The van der Waals surface area contributed by atoms with Gasteiger partial charge in [0.15, 0.2) is 0 Å². The molecule has 4 aromatic rings. The van der Waals surface area contributed by atoms with Crippen LogP contribution >= 0.6 is 0 Å². The number of unbranched alkanes of at least 4 members (excludes halogenated alkanes) is 1. The van der Waals surface area contributed by atoms with Crippen molar-refractivity contribution in [2.24, 2.45) is 0 Å². The van der Waals surface area contributed by atoms with Crippen LogP contribution in [0.2, 0.25) is 0 Å². The summed E-state index contributed by atoms with van der Waals surface area (Å²) < 4.78 is 0. The number of fused-ring (bicyclic) bond motifs is 1. The van der Waals surface area contributed by atoms with E-state index in [1.807, 2.05) is 66.7 Å². The number of nitrogens with one attached hydrogen (secondary N) is 2. The first kappa shape index (κ1) is 20.3. The van der Waals surface area contributed by atoms with Crippen molar-refractivity contribution < 1.29 is 4.92 Å². The second-order valence-corrected chi connectivity index (χ2v) is 7.25. The summed E-state index contributed by atoms with van der Waals surface area (Å²) in [5.74, 6) is 0.280. The Morgan fingerprint density at radius 1 is 0.903 bits per heavy atom. The number of rotatable bonds is 8. The van der Waals surface area contributed by atoms with Crippen molar-refractivity contribution in [2.75, 3.05) is 10.6 Å². The zero-order chi connectivity index (χ0) is 21.6. The Kier molecular flexibility index (Phi) is 6.03. The zero-order valence-electron chi connectivity index (χ0n) is 17.2. The van der Waals surface area contributed by atoms with Gasteiger partial charge in [-0.2, -0.15) is 0 Å². The van der Waals surface area contributed by atoms with Crippen molar-refractivity contribution in [3.8, 4) is 0 Å². The summed E-state index contributed by atoms with van der Waals surface area (Å²) in [4.78, 5) is 19.7. The second kappa shape index (κ2) is 9.21. The van der Waals surface area contributed by atoms with Crippen LogP contribution in [0.3, 0.4) is 0 Å². The number of anilines is 4. The van der Waals surface area contributed by atoms with Crippen LogP contribution in [0.1, 0.15) is 25.3 Å². The summed E-state index contributed by atoms with van der Waals surface area (Å²) >= 11 is 0. The molecule has 0 bridgehead atoms. The van der Waals surface area contributed by atoms with E-state index in [0.29, 0.717) is 0 Å². The fourth-order valence-corrected chi connectivity index (χ4v) is 3.47. The Labute approximate surface area is 180 Å². The van der Waals surface area contributed by atoms with Crippen LogP contribution < -0.4 is 10.6 Å². The van der Waals surface area contributed by atoms with Gasteiger partial charge in [-0.15, -0.1) is 0 Å². The van der Waals surface area contributed by atoms with Gasteiger partial charge in [-0.3, -0.25) is 10.1 Å². The molecule has 0 aliphatic rings. The quantitative estimate of drug-likeness (QED) is 0.258. The van der Waals surface area contributed by atoms with E-state index in [-0.39, 0.29) is 17.3 Å². The minimum absolute atomic E-state index is 0.137. The molecule has 4 rings (SSSR count). The van der Waals surface area contributed by atoms with Gasteiger partial charge in [0.2, 0.25) is 11.6 Å². The smallest absolute Gasteiger partial charge is 0.334 e. The molecule has 0 amide bonds. The van der Waals surface area contributed by atoms with E-state index < -0.39 is 4.92 Å². The van der Waals surface area contributed by atoms with Gasteiger partial charge in [0.25, 0.3) is 0 Å². The number of nitrogens with zero attached hydrogens (tertiary/aromatic N) is 3. The first-order valence-electron chi connectivity index (χ1n) is 10.3. The number of aryl methyl sites for hydroxylation is 1. The molecule has 156 valence electrons. The molecule has 31 heavy (non-hydrogen) atoms. The average Bonchev–Trinajstić information content (AvgIpc) is 2.79. The number of hydrogen-bond acceptors (Lipinski definition) is 6. The second-order valence-electron chi connectivity index (χ2n) is 7.25. The highest BCUT2D eigenvalue weighted by atomic mass is 16.6. The highest BCUT2D eigenvalue weighted by Crippen LogP contribution is 2.34. The molecule has 0 saturated heterocycles. The normalized spacial score (nSPS) is 10.7. The first-order valence-corrected chi connectivity index (χ1v) is 10.3. The van der Waals surface area contributed by atoms with Crippen LogP contribution in [0.25, 0.3) is 10.8 Å². The molecule has 7 heteroatoms. The van der Waals surface area contributed by atoms with E-state index in [1.165, 1.54) is 11.9 Å². The van der Waals surface area contributed by atoms with E-state index in [4.69, 9.17) is 0 Å². The standard InChI is InChI=1S/C24H23N5O2/c1-2-3-7-17-12-14-19(15-13-17)27-23-22(29(30)31)24(26-16-25-23)28-21-11-6-9-18-8-4-5-10-20(18)21/h4-6,8-16H,2-3,7H2,1H3,(H2,25,26,27,28). The Bertz CT molecular complexity index is 1200. The van der Waals surface area contributed by atoms with E-state index in [9.17, 15) is 10.1 Å². The van der Waals surface area contributed by atoms with E-state index in [0.717, 1.165) is 41.4 Å². The molecule has 0 spiro atoms. The molecular formula is C24H23N5O2. The SMILES string of the molecule is CCCCc1ccc(Nc2ncnc(Nc3cccc4ccccc34)c2[N+](=O)[O-])cc1. The molecule has 0 fully saturated rings. The minimum Gasteiger partial charge on any atom is -0.334 e. The van der Waals surface area contributed by atoms with Crippen LogP contribution in [0.15, 0.2) is 73.1 Å². The van der Waals surface area contributed by atoms with Crippen molar-refractivity contribution in [1.29, 1.82) is 0 Å². The Morgan fingerprint density at radius 3 is 2.35 bits per heavy atom. The van der Waals surface area contributed by atoms with Crippen LogP contribution in [0.5, 0.6) is 0 Å². The van der Waals surface area contributed by atoms with Gasteiger partial charge < -0.3 is 10.6 Å². The lowest BCUT2D eigenvalue weighted by atomic mass is 10.1. The van der Waals surface area contributed by atoms with Crippen LogP contribution in [0.4, 0.5) is 28.7 Å². The van der Waals surface area contributed by atoms with Gasteiger partial charge >= 0.3 is 5.69 Å². The predicted molar refractivity (Wildman–Crippen MR) is 124 cm³/mol. The minimum atomic E-state index is -0.467. The first-order chi connectivity index (χ1) is 15.2. The molecule has 0 unspecified atom stereocenters. The number of nitro groups is 1. The fourth-order valence-electron chi connectivity index (χ4n) is 3.47. The van der Waals surface area contributed by atoms with Gasteiger partial charge in [-0.05, 0) is 42.0 Å². The van der Waals surface area contributed by atoms with Gasteiger partial charge in [0.05, 0.1) is 4.92 Å². The summed E-state index contributed by atoms with van der Waals surface area (Å²) in [6.45, 7) is 2.16. The van der Waals surface area contributed by atoms with Gasteiger partial charge in [-0.1, -0.05) is 61.9 Å². The molecular weight excluding hydrogens is 390 g/mol. The van der Waals surface area contributed by atoms with Crippen molar-refractivity contribution in [1.82, 2.24) is 9.97 Å². The molecule has 3 aromatic carbocycles. The maximum Gasteiger partial charge on any atom is 0.353 e. The lowest BCUT2D eigenvalue weighted by Gasteiger charge is -2.12. The lowest BCUT2D eigenvalue weighted by Crippen LogP contribution is -2.05. The molecule has 0 atom stereocenters. The number of benzene rings is 3. The van der Waals surface area contributed by atoms with Gasteiger partial charge in [-0.25, -0.2) is 9.97 Å². The molecule has 0 radical (unpaired) electrons. The maximum atomic E-state index is 11.9. The summed E-state index contributed by atoms with van der Waals surface area (Å²) in [6, 6.07) is 21.5. The van der Waals surface area contributed by atoms with Crippen LogP contribution in [0, 0.1) is 10.1 Å². The van der Waals surface area contributed by atoms with Gasteiger partial charge in [0, 0.05) is 16.8 Å². The van der Waals surface area contributed by atoms with Crippen LogP contribution in [-0.2, 0) is 6.42 Å². The van der Waals surface area contributed by atoms with Crippen LogP contribution in [-0.4, -0.2) is 14.9 Å². The zero-order valence-corrected chi connectivity index (χ0v) is 17.2. The van der Waals surface area contributed by atoms with Crippen molar-refractivity contribution in [3.05, 3.63) is 88.7 Å². The molecule has 1 aromatic heterocycles. The number of aromatic nitrogens is 2. The topological polar surface area (TPSA) is 93.0 Å². The number of hydrogen-bond donors (Lipinski definition) is 2. The predicted octanol–water partition coefficient (Wildman–Crippen LogP) is 6.37. The third-order valence-electron chi connectivity index (χ3n) is 5.08. The highest BCUT2D eigenvalue weighted by Gasteiger charge is 2.23. The molecule has 2 N–H and O–H groups in total. The monoisotopic (exact) mass is 413 g/mol. The molecule has 0 aliphatic carbocycles. The van der Waals surface area contributed by atoms with Crippen molar-refractivity contribution >= 4 is 39.5 Å². The average molecular weight is 413 g/mol. The summed E-state index contributed by atoms with van der Waals surface area (Å²) in [5.41, 5.74) is 2.51. The summed E-state index contributed by atoms with van der Waals surface area (Å²) in [7, 11) is 0. The molecule has 0 aliphatic heterocycles. The van der Waals surface area contributed by atoms with Crippen molar-refractivity contribution in [2.45, 2.75) is 26.2 Å². The summed E-state index contributed by atoms with van der Waals surface area (Å²) in [5, 5.41) is 20.1. The molecule has 0 saturated carbocycles. The largest absolute Gasteiger partial charge is 0.353 e. The Hall–Kier alpha value is -4.00. The molecule has 1 heterocycles. The van der Waals surface area contributed by atoms with Crippen molar-refractivity contribution in [3.63, 3.8) is 0 Å². The third kappa shape index (κ3) is 4.61. The Balaban J connectivity index is 1.64. The van der Waals surface area contributed by atoms with Gasteiger partial charge in [0.1, 0.15) is 6.33 Å². The van der Waals surface area contributed by atoms with E-state index in [2.05, 4.69) is 27.5 Å².